The molecule has 0 radical (unpaired) electrons. The van der Waals surface area contributed by atoms with Crippen LogP contribution < -0.4 is 9.64 Å². The van der Waals surface area contributed by atoms with Crippen LogP contribution in [0.5, 0.6) is 5.75 Å². The Morgan fingerprint density at radius 2 is 2.40 bits per heavy atom. The summed E-state index contributed by atoms with van der Waals surface area (Å²) in [6, 6.07) is 5.82. The highest BCUT2D eigenvalue weighted by atomic mass is 32.1. The maximum Gasteiger partial charge on any atom is 0.251 e. The van der Waals surface area contributed by atoms with Gasteiger partial charge in [-0.3, -0.25) is 4.79 Å². The number of hydrogen-bond acceptors (Lipinski definition) is 4. The predicted molar refractivity (Wildman–Crippen MR) is 80.2 cm³/mol. The van der Waals surface area contributed by atoms with Crippen molar-refractivity contribution in [1.82, 2.24) is 4.98 Å². The number of nitrogens with zero attached hydrogens (tertiary/aromatic N) is 2. The summed E-state index contributed by atoms with van der Waals surface area (Å²) in [6.45, 7) is 0.711. The molecule has 0 N–H and O–H groups in total. The van der Waals surface area contributed by atoms with Gasteiger partial charge in [0.15, 0.2) is 0 Å². The molecule has 1 aliphatic rings. The molecule has 4 nitrogen and oxygen atoms in total. The Morgan fingerprint density at radius 3 is 3.15 bits per heavy atom. The first kappa shape index (κ1) is 12.9. The van der Waals surface area contributed by atoms with Crippen LogP contribution in [0.15, 0.2) is 35.2 Å². The quantitative estimate of drug-likeness (QED) is 0.815. The van der Waals surface area contributed by atoms with E-state index in [1.165, 1.54) is 11.3 Å². The highest BCUT2D eigenvalue weighted by Gasteiger charge is 2.23. The average molecular weight is 286 g/mol. The topological polar surface area (TPSA) is 42.4 Å². The number of thiazole rings is 1. The lowest BCUT2D eigenvalue weighted by molar-refractivity contribution is -0.114. The van der Waals surface area contributed by atoms with Gasteiger partial charge in [0.1, 0.15) is 5.75 Å². The van der Waals surface area contributed by atoms with Crippen LogP contribution in [0.4, 0.5) is 5.69 Å². The van der Waals surface area contributed by atoms with Crippen molar-refractivity contribution < 1.29 is 9.53 Å². The lowest BCUT2D eigenvalue weighted by Crippen LogP contribution is -2.26. The minimum atomic E-state index is -0.0121. The van der Waals surface area contributed by atoms with Crippen molar-refractivity contribution in [2.24, 2.45) is 0 Å². The Labute approximate surface area is 121 Å². The summed E-state index contributed by atoms with van der Waals surface area (Å²) in [6.07, 6.45) is 4.19. The van der Waals surface area contributed by atoms with Gasteiger partial charge >= 0.3 is 0 Å². The first-order valence-corrected chi connectivity index (χ1v) is 7.27. The van der Waals surface area contributed by atoms with E-state index in [2.05, 4.69) is 4.98 Å². The monoisotopic (exact) mass is 286 g/mol. The Morgan fingerprint density at radius 1 is 1.50 bits per heavy atom. The summed E-state index contributed by atoms with van der Waals surface area (Å²) in [7, 11) is 1.65. The fourth-order valence-corrected chi connectivity index (χ4v) is 2.81. The van der Waals surface area contributed by atoms with Gasteiger partial charge in [-0.15, -0.1) is 11.3 Å². The molecule has 0 aliphatic carbocycles. The van der Waals surface area contributed by atoms with Crippen LogP contribution in [-0.4, -0.2) is 24.5 Å². The first-order valence-electron chi connectivity index (χ1n) is 6.32. The third kappa shape index (κ3) is 2.44. The molecule has 0 saturated heterocycles. The summed E-state index contributed by atoms with van der Waals surface area (Å²) in [5, 5.41) is 1.91. The smallest absolute Gasteiger partial charge is 0.251 e. The van der Waals surface area contributed by atoms with E-state index < -0.39 is 0 Å². The normalized spacial score (nSPS) is 13.8. The molecule has 1 aromatic carbocycles. The van der Waals surface area contributed by atoms with Crippen LogP contribution >= 0.6 is 11.3 Å². The minimum Gasteiger partial charge on any atom is -0.497 e. The van der Waals surface area contributed by atoms with Gasteiger partial charge in [0.25, 0.3) is 5.91 Å². The summed E-state index contributed by atoms with van der Waals surface area (Å²) in [5.74, 6) is 0.818. The van der Waals surface area contributed by atoms with Gasteiger partial charge in [-0.25, -0.2) is 4.98 Å². The lowest BCUT2D eigenvalue weighted by atomic mass is 10.1. The molecule has 0 unspecified atom stereocenters. The van der Waals surface area contributed by atoms with Crippen molar-refractivity contribution in [3.63, 3.8) is 0 Å². The summed E-state index contributed by atoms with van der Waals surface area (Å²) in [5.41, 5.74) is 4.69. The van der Waals surface area contributed by atoms with E-state index in [4.69, 9.17) is 4.74 Å². The van der Waals surface area contributed by atoms with Gasteiger partial charge in [0.05, 0.1) is 18.3 Å². The molecular formula is C15H14N2O2S. The van der Waals surface area contributed by atoms with Crippen molar-refractivity contribution in [3.05, 3.63) is 46.4 Å². The van der Waals surface area contributed by atoms with E-state index in [9.17, 15) is 4.79 Å². The van der Waals surface area contributed by atoms with Gasteiger partial charge in [0.2, 0.25) is 0 Å². The number of fused-ring (bicyclic) bond motifs is 1. The molecule has 0 fully saturated rings. The Balaban J connectivity index is 1.79. The Hall–Kier alpha value is -2.14. The number of amides is 1. The number of carbonyl (C=O) groups is 1. The fourth-order valence-electron chi connectivity index (χ4n) is 2.28. The van der Waals surface area contributed by atoms with Gasteiger partial charge in [-0.1, -0.05) is 0 Å². The SMILES string of the molecule is COc1ccc2c(c1)CCN2C(=O)/C=C/c1cscn1. The second-order valence-corrected chi connectivity index (χ2v) is 5.20. The van der Waals surface area contributed by atoms with Gasteiger partial charge in [-0.2, -0.15) is 0 Å². The second kappa shape index (κ2) is 5.46. The van der Waals surface area contributed by atoms with Crippen LogP contribution in [0.3, 0.4) is 0 Å². The Kier molecular flexibility index (Phi) is 3.52. The van der Waals surface area contributed by atoms with Crippen molar-refractivity contribution in [3.8, 4) is 5.75 Å². The number of carbonyl (C=O) groups excluding carboxylic acids is 1. The molecule has 102 valence electrons. The molecular weight excluding hydrogens is 272 g/mol. The molecule has 0 atom stereocenters. The number of benzene rings is 1. The highest BCUT2D eigenvalue weighted by Crippen LogP contribution is 2.31. The number of aromatic nitrogens is 1. The zero-order valence-corrected chi connectivity index (χ0v) is 11.9. The molecule has 0 spiro atoms. The summed E-state index contributed by atoms with van der Waals surface area (Å²) in [4.78, 5) is 18.2. The maximum atomic E-state index is 12.2. The molecule has 5 heteroatoms. The van der Waals surface area contributed by atoms with Crippen LogP contribution in [0.1, 0.15) is 11.3 Å². The van der Waals surface area contributed by atoms with Crippen molar-refractivity contribution in [2.75, 3.05) is 18.6 Å². The molecule has 1 aliphatic heterocycles. The Bertz CT molecular complexity index is 650. The van der Waals surface area contributed by atoms with Gasteiger partial charge in [-0.05, 0) is 36.3 Å². The molecule has 1 aromatic heterocycles. The van der Waals surface area contributed by atoms with Crippen LogP contribution in [0.2, 0.25) is 0 Å². The summed E-state index contributed by atoms with van der Waals surface area (Å²) < 4.78 is 5.21. The van der Waals surface area contributed by atoms with E-state index in [0.717, 1.165) is 29.1 Å². The van der Waals surface area contributed by atoms with Gasteiger partial charge < -0.3 is 9.64 Å². The van der Waals surface area contributed by atoms with E-state index in [1.54, 1.807) is 29.7 Å². The zero-order chi connectivity index (χ0) is 13.9. The molecule has 2 aromatic rings. The van der Waals surface area contributed by atoms with E-state index >= 15 is 0 Å². The first-order chi connectivity index (χ1) is 9.78. The minimum absolute atomic E-state index is 0.0121. The van der Waals surface area contributed by atoms with Crippen LogP contribution in [0.25, 0.3) is 6.08 Å². The molecule has 2 heterocycles. The van der Waals surface area contributed by atoms with E-state index in [-0.39, 0.29) is 5.91 Å². The molecule has 20 heavy (non-hydrogen) atoms. The number of anilines is 1. The number of rotatable bonds is 3. The van der Waals surface area contributed by atoms with Crippen molar-refractivity contribution in [1.29, 1.82) is 0 Å². The zero-order valence-electron chi connectivity index (χ0n) is 11.1. The second-order valence-electron chi connectivity index (χ2n) is 4.48. The van der Waals surface area contributed by atoms with E-state index in [1.807, 2.05) is 23.6 Å². The number of methoxy groups -OCH3 is 1. The number of ether oxygens (including phenoxy) is 1. The highest BCUT2D eigenvalue weighted by molar-refractivity contribution is 7.07. The lowest BCUT2D eigenvalue weighted by Gasteiger charge is -2.15. The van der Waals surface area contributed by atoms with Crippen molar-refractivity contribution in [2.45, 2.75) is 6.42 Å². The predicted octanol–water partition coefficient (Wildman–Crippen LogP) is 2.75. The van der Waals surface area contributed by atoms with Gasteiger partial charge in [0, 0.05) is 23.7 Å². The standard InChI is InChI=1S/C15H14N2O2S/c1-19-13-3-4-14-11(8-13)6-7-17(14)15(18)5-2-12-9-20-10-16-12/h2-5,8-10H,6-7H2,1H3/b5-2+. The van der Waals surface area contributed by atoms with Crippen LogP contribution in [-0.2, 0) is 11.2 Å². The maximum absolute atomic E-state index is 12.2. The summed E-state index contributed by atoms with van der Waals surface area (Å²) >= 11 is 1.52. The largest absolute Gasteiger partial charge is 0.497 e. The molecule has 1 amide bonds. The third-order valence-corrected chi connectivity index (χ3v) is 3.90. The van der Waals surface area contributed by atoms with Crippen LogP contribution in [0, 0.1) is 0 Å². The van der Waals surface area contributed by atoms with Crippen molar-refractivity contribution >= 4 is 29.0 Å². The average Bonchev–Trinajstić information content (AvgIpc) is 3.13. The number of hydrogen-bond donors (Lipinski definition) is 0. The molecule has 3 rings (SSSR count). The van der Waals surface area contributed by atoms with E-state index in [0.29, 0.717) is 6.54 Å². The molecule has 0 saturated carbocycles. The molecule has 0 bridgehead atoms. The fraction of sp³-hybridized carbons (Fsp3) is 0.200. The third-order valence-electron chi connectivity index (χ3n) is 3.30.